The standard InChI is InChI=1S/C10H15N5O10P2.3Ba/c11-8-5-9(13-2-12-8)15(3-14-5)10-7(17)6(16)4(24-10)1-23-27(21,22)25-26(18,19)20;;;/h2-4,6-7,10,16-17H,1H2,(H,21,22)(H2,11,12,13)(H2,18,19,20);;;/t4-,6-,7-,10-;;;/m1.../s1. The summed E-state index contributed by atoms with van der Waals surface area (Å²) in [5, 5.41) is 20.3. The number of phosphoric ester groups is 1. The largest absolute Gasteiger partial charge is 0.481 e. The number of anilines is 1. The van der Waals surface area contributed by atoms with Crippen LogP contribution < -0.4 is 5.73 Å². The molecule has 0 bridgehead atoms. The van der Waals surface area contributed by atoms with E-state index in [1.807, 2.05) is 0 Å². The molecule has 6 radical (unpaired) electrons. The van der Waals surface area contributed by atoms with Gasteiger partial charge in [0.25, 0.3) is 0 Å². The number of aliphatic hydroxyl groups excluding tert-OH is 2. The number of hydrogen-bond donors (Lipinski definition) is 6. The molecule has 3 heterocycles. The van der Waals surface area contributed by atoms with Gasteiger partial charge >= 0.3 is 15.6 Å². The van der Waals surface area contributed by atoms with Crippen LogP contribution in [0.25, 0.3) is 11.2 Å². The van der Waals surface area contributed by atoms with E-state index in [1.54, 1.807) is 0 Å². The molecule has 0 aliphatic carbocycles. The van der Waals surface area contributed by atoms with Gasteiger partial charge in [-0.15, -0.1) is 0 Å². The van der Waals surface area contributed by atoms with Crippen LogP contribution in [0.3, 0.4) is 0 Å². The van der Waals surface area contributed by atoms with Crippen LogP contribution in [-0.2, 0) is 22.7 Å². The van der Waals surface area contributed by atoms with Crippen LogP contribution >= 0.6 is 15.6 Å². The predicted molar refractivity (Wildman–Crippen MR) is 102 cm³/mol. The average Bonchev–Trinajstić information content (AvgIpc) is 3.07. The van der Waals surface area contributed by atoms with E-state index in [9.17, 15) is 24.2 Å². The summed E-state index contributed by atoms with van der Waals surface area (Å²) in [6, 6.07) is 0. The Morgan fingerprint density at radius 1 is 1.10 bits per heavy atom. The maximum absolute atomic E-state index is 11.5. The predicted octanol–water partition coefficient (Wildman–Crippen LogP) is -2.89. The Hall–Kier alpha value is 3.20. The maximum atomic E-state index is 11.5. The maximum Gasteiger partial charge on any atom is 0.481 e. The van der Waals surface area contributed by atoms with Crippen LogP contribution in [0, 0.1) is 0 Å². The molecule has 5 atom stereocenters. The van der Waals surface area contributed by atoms with Crippen molar-refractivity contribution in [2.24, 2.45) is 0 Å². The fraction of sp³-hybridized carbons (Fsp3) is 0.500. The van der Waals surface area contributed by atoms with Gasteiger partial charge in [-0.1, -0.05) is 0 Å². The van der Waals surface area contributed by atoms with Crippen molar-refractivity contribution in [2.75, 3.05) is 12.3 Å². The van der Waals surface area contributed by atoms with Gasteiger partial charge < -0.3 is 35.4 Å². The van der Waals surface area contributed by atoms with Gasteiger partial charge in [0.1, 0.15) is 30.2 Å². The second-order valence-electron chi connectivity index (χ2n) is 5.47. The number of phosphoric acid groups is 2. The summed E-state index contributed by atoms with van der Waals surface area (Å²) in [5.74, 6) is 0.0856. The molecule has 0 spiro atoms. The minimum atomic E-state index is -5.29. The van der Waals surface area contributed by atoms with Crippen LogP contribution in [0.2, 0.25) is 0 Å². The van der Waals surface area contributed by atoms with Gasteiger partial charge in [-0.3, -0.25) is 9.09 Å². The Morgan fingerprint density at radius 2 is 1.73 bits per heavy atom. The zero-order valence-corrected chi connectivity index (χ0v) is 30.4. The second-order valence-corrected chi connectivity index (χ2v) is 8.30. The first kappa shape index (κ1) is 33.2. The van der Waals surface area contributed by atoms with Gasteiger partial charge in [-0.05, 0) is 0 Å². The van der Waals surface area contributed by atoms with E-state index in [0.29, 0.717) is 0 Å². The number of aromatic nitrogens is 4. The Kier molecular flexibility index (Phi) is 14.9. The molecule has 1 unspecified atom stereocenters. The van der Waals surface area contributed by atoms with Crippen molar-refractivity contribution in [2.45, 2.75) is 24.5 Å². The molecule has 0 aromatic carbocycles. The van der Waals surface area contributed by atoms with E-state index in [0.717, 1.165) is 6.33 Å². The van der Waals surface area contributed by atoms with Gasteiger partial charge in [-0.2, -0.15) is 4.31 Å². The first-order valence-corrected chi connectivity index (χ1v) is 10.2. The normalized spacial score (nSPS) is 25.6. The third-order valence-corrected chi connectivity index (χ3v) is 5.76. The van der Waals surface area contributed by atoms with Crippen LogP contribution in [-0.4, -0.2) is 216 Å². The molecule has 1 fully saturated rings. The summed E-state index contributed by atoms with van der Waals surface area (Å²) >= 11 is 0. The SMILES string of the molecule is Nc1ncnc2c1ncn2[C@@H]1O[C@H](COP(=O)(O)OP(=O)(O)O)[C@@H](O)[C@H]1O.[Ba].[Ba].[Ba]. The minimum Gasteiger partial charge on any atom is -0.387 e. The number of rotatable bonds is 6. The number of nitrogen functional groups attached to an aromatic ring is 1. The fourth-order valence-corrected chi connectivity index (χ4v) is 4.08. The molecule has 1 aliphatic heterocycles. The molecule has 1 aliphatic rings. The van der Waals surface area contributed by atoms with Gasteiger partial charge in [0, 0.05) is 147 Å². The zero-order chi connectivity index (χ0) is 20.0. The Balaban J connectivity index is 0.00000280. The van der Waals surface area contributed by atoms with E-state index >= 15 is 0 Å². The molecule has 3 rings (SSSR count). The molecule has 20 heteroatoms. The van der Waals surface area contributed by atoms with Crippen LogP contribution in [0.15, 0.2) is 12.7 Å². The molecule has 156 valence electrons. The number of nitrogens with two attached hydrogens (primary N) is 1. The molecule has 30 heavy (non-hydrogen) atoms. The molecular formula is C10H15Ba3N5O10P2. The van der Waals surface area contributed by atoms with Gasteiger partial charge in [0.15, 0.2) is 17.7 Å². The van der Waals surface area contributed by atoms with Gasteiger partial charge in [0.2, 0.25) is 0 Å². The number of fused-ring (bicyclic) bond motifs is 1. The van der Waals surface area contributed by atoms with Gasteiger partial charge in [-0.25, -0.2) is 24.1 Å². The number of nitrogens with zero attached hydrogens (tertiary/aromatic N) is 4. The molecular weight excluding hydrogens is 824 g/mol. The number of aliphatic hydroxyl groups is 2. The fourth-order valence-electron chi connectivity index (χ4n) is 2.48. The van der Waals surface area contributed by atoms with Crippen LogP contribution in [0.4, 0.5) is 5.82 Å². The smallest absolute Gasteiger partial charge is 0.387 e. The first-order chi connectivity index (χ1) is 12.5. The number of hydrogen-bond acceptors (Lipinski definition) is 11. The summed E-state index contributed by atoms with van der Waals surface area (Å²) < 4.78 is 36.8. The first-order valence-electron chi connectivity index (χ1n) is 7.17. The topological polar surface area (TPSA) is 233 Å². The van der Waals surface area contributed by atoms with Crippen molar-refractivity contribution in [1.82, 2.24) is 19.5 Å². The summed E-state index contributed by atoms with van der Waals surface area (Å²) in [4.78, 5) is 38.1. The molecule has 1 saturated heterocycles. The van der Waals surface area contributed by atoms with Gasteiger partial charge in [0.05, 0.1) is 12.9 Å². The molecule has 0 amide bonds. The van der Waals surface area contributed by atoms with Crippen molar-refractivity contribution >= 4 is 179 Å². The van der Waals surface area contributed by atoms with Crippen LogP contribution in [0.5, 0.6) is 0 Å². The third kappa shape index (κ3) is 8.40. The van der Waals surface area contributed by atoms with Crippen molar-refractivity contribution in [3.05, 3.63) is 12.7 Å². The van der Waals surface area contributed by atoms with Crippen molar-refractivity contribution in [1.29, 1.82) is 0 Å². The molecule has 0 saturated carbocycles. The van der Waals surface area contributed by atoms with Crippen LogP contribution in [0.1, 0.15) is 6.23 Å². The Labute approximate surface area is 289 Å². The third-order valence-electron chi connectivity index (χ3n) is 3.61. The minimum absolute atomic E-state index is 0. The summed E-state index contributed by atoms with van der Waals surface area (Å²) in [7, 11) is -10.4. The second kappa shape index (κ2) is 13.5. The van der Waals surface area contributed by atoms with Crippen molar-refractivity contribution in [3.8, 4) is 0 Å². The molecule has 15 nitrogen and oxygen atoms in total. The average molecular weight is 839 g/mol. The molecule has 2 aromatic rings. The molecule has 7 N–H and O–H groups in total. The van der Waals surface area contributed by atoms with Crippen molar-refractivity contribution < 1.29 is 47.6 Å². The Bertz CT molecular complexity index is 946. The van der Waals surface area contributed by atoms with E-state index < -0.39 is 46.8 Å². The van der Waals surface area contributed by atoms with Crippen molar-refractivity contribution in [3.63, 3.8) is 0 Å². The number of imidazole rings is 1. The summed E-state index contributed by atoms with van der Waals surface area (Å²) in [6.45, 7) is -0.813. The quantitative estimate of drug-likeness (QED) is 0.127. The summed E-state index contributed by atoms with van der Waals surface area (Å²) in [5.41, 5.74) is 6.11. The van der Waals surface area contributed by atoms with E-state index in [-0.39, 0.29) is 164 Å². The monoisotopic (exact) mass is 841 g/mol. The van der Waals surface area contributed by atoms with E-state index in [1.165, 1.54) is 10.9 Å². The van der Waals surface area contributed by atoms with E-state index in [2.05, 4.69) is 23.8 Å². The van der Waals surface area contributed by atoms with E-state index in [4.69, 9.17) is 20.3 Å². The zero-order valence-electron chi connectivity index (χ0n) is 15.3. The molecule has 2 aromatic heterocycles. The number of ether oxygens (including phenoxy) is 1. The summed E-state index contributed by atoms with van der Waals surface area (Å²) in [6.07, 6.45) is -3.20. The Morgan fingerprint density at radius 3 is 2.33 bits per heavy atom.